The molecule has 5 aromatic heterocycles. The van der Waals surface area contributed by atoms with E-state index in [1.54, 1.807) is 22.7 Å². The zero-order valence-corrected chi connectivity index (χ0v) is 62.0. The standard InChI is InChI=1S/C78H98N8O2S6/c1-9-13-15-17-19-21-23-27-47-83(7)59-40-36-55(37-41-59)33-25-29-49-85-54(6)66-69(78(85)88)74(86(77(66)87)50-30-26-34-56-38-42-60(43-39-56)84(8)48-28-24-22-20-18-16-14-10-2)61-45-46-63(90-61)76-58(32-12-4)52-65(92-76)68-72-70(79-93-81-72)67(71-73(68)82-94-80-71)64-51-57(31-11-3)75(91-64)62-44-35-53(5)89-62/h35-46,51-52H,9-34,47-50H2,1-8H3. The number of benzene rings is 3. The van der Waals surface area contributed by atoms with Crippen molar-refractivity contribution in [2.45, 2.75) is 208 Å². The number of carbonyl (C=O) groups excluding carboxylic acids is 2. The number of hydrogen-bond acceptors (Lipinski definition) is 13. The Morgan fingerprint density at radius 3 is 1.35 bits per heavy atom. The lowest BCUT2D eigenvalue weighted by atomic mass is 9.99. The molecule has 0 saturated heterocycles. The fourth-order valence-electron chi connectivity index (χ4n) is 13.9. The van der Waals surface area contributed by atoms with Gasteiger partial charge in [0.2, 0.25) is 0 Å². The number of anilines is 2. The Balaban J connectivity index is 0.815. The fourth-order valence-corrected chi connectivity index (χ4v) is 19.7. The molecule has 0 atom stereocenters. The first kappa shape index (κ1) is 69.5. The van der Waals surface area contributed by atoms with Gasteiger partial charge in [-0.2, -0.15) is 17.5 Å². The number of carbonyl (C=O) groups is 2. The summed E-state index contributed by atoms with van der Waals surface area (Å²) < 4.78 is 20.2. The number of aromatic nitrogens is 2. The van der Waals surface area contributed by atoms with Crippen molar-refractivity contribution in [2.24, 2.45) is 8.73 Å². The summed E-state index contributed by atoms with van der Waals surface area (Å²) in [4.78, 5) is 48.3. The molecule has 8 aromatic rings. The number of unbranched alkanes of at least 4 members (excludes halogenated alkanes) is 16. The van der Waals surface area contributed by atoms with Gasteiger partial charge in [0.05, 0.1) is 44.8 Å². The van der Waals surface area contributed by atoms with Crippen LogP contribution in [0.3, 0.4) is 0 Å². The van der Waals surface area contributed by atoms with Crippen LogP contribution in [0.4, 0.5) is 22.7 Å². The van der Waals surface area contributed by atoms with Crippen LogP contribution in [0.5, 0.6) is 0 Å². The molecule has 94 heavy (non-hydrogen) atoms. The average Bonchev–Trinajstić information content (AvgIpc) is 1.57. The molecule has 8 heterocycles. The van der Waals surface area contributed by atoms with Crippen LogP contribution < -0.4 is 9.80 Å². The second kappa shape index (κ2) is 33.9. The van der Waals surface area contributed by atoms with E-state index >= 15 is 9.59 Å². The molecular weight excluding hydrogens is 1270 g/mol. The topological polar surface area (TPSA) is 97.6 Å². The van der Waals surface area contributed by atoms with Crippen molar-refractivity contribution >= 4 is 120 Å². The Bertz CT molecular complexity index is 4000. The third-order valence-corrected chi connectivity index (χ3v) is 25.1. The van der Waals surface area contributed by atoms with Gasteiger partial charge in [-0.15, -0.1) is 45.3 Å². The second-order valence-corrected chi connectivity index (χ2v) is 31.8. The van der Waals surface area contributed by atoms with Crippen molar-refractivity contribution < 1.29 is 9.59 Å². The van der Waals surface area contributed by atoms with Crippen LogP contribution in [-0.2, 0) is 46.6 Å². The maximum absolute atomic E-state index is 15.1. The van der Waals surface area contributed by atoms with Crippen molar-refractivity contribution in [1.29, 1.82) is 0 Å². The number of hydrogen-bond donors (Lipinski definition) is 0. The van der Waals surface area contributed by atoms with E-state index in [0.717, 1.165) is 142 Å². The number of rotatable bonds is 39. The summed E-state index contributed by atoms with van der Waals surface area (Å²) in [6, 6.07) is 31.8. The summed E-state index contributed by atoms with van der Waals surface area (Å²) in [5.41, 5.74) is 16.0. The van der Waals surface area contributed by atoms with Crippen LogP contribution in [0.25, 0.3) is 57.1 Å². The van der Waals surface area contributed by atoms with E-state index in [4.69, 9.17) is 17.5 Å². The van der Waals surface area contributed by atoms with Gasteiger partial charge in [0, 0.05) is 103 Å². The number of amides is 2. The van der Waals surface area contributed by atoms with E-state index in [2.05, 4.69) is 143 Å². The number of allylic oxidation sites excluding steroid dienone is 1. The van der Waals surface area contributed by atoms with Crippen molar-refractivity contribution in [1.82, 2.24) is 18.5 Å². The molecule has 2 amide bonds. The van der Waals surface area contributed by atoms with Crippen molar-refractivity contribution in [3.8, 4) is 40.4 Å². The number of aryl methyl sites for hydroxylation is 5. The molecule has 0 bridgehead atoms. The van der Waals surface area contributed by atoms with E-state index in [0.29, 0.717) is 24.2 Å². The van der Waals surface area contributed by atoms with Gasteiger partial charge in [0.25, 0.3) is 11.8 Å². The summed E-state index contributed by atoms with van der Waals surface area (Å²) in [5.74, 6) is -0.108. The minimum absolute atomic E-state index is 0.0538. The molecule has 0 aliphatic carbocycles. The first-order valence-corrected chi connectivity index (χ1v) is 40.3. The van der Waals surface area contributed by atoms with Crippen molar-refractivity contribution in [3.63, 3.8) is 0 Å². The highest BCUT2D eigenvalue weighted by molar-refractivity contribution is 7.58. The zero-order chi connectivity index (χ0) is 65.5. The largest absolute Gasteiger partial charge is 0.375 e. The lowest BCUT2D eigenvalue weighted by Gasteiger charge is -2.23. The minimum Gasteiger partial charge on any atom is -0.375 e. The molecule has 0 saturated carbocycles. The highest BCUT2D eigenvalue weighted by Crippen LogP contribution is 2.57. The normalized spacial score (nSPS) is 13.7. The molecule has 0 N–H and O–H groups in total. The Hall–Kier alpha value is -5.88. The quantitative estimate of drug-likeness (QED) is 0.0356. The van der Waals surface area contributed by atoms with Gasteiger partial charge in [-0.05, 0) is 161 Å². The van der Waals surface area contributed by atoms with Gasteiger partial charge in [-0.25, -0.2) is 0 Å². The third-order valence-electron chi connectivity index (χ3n) is 19.2. The molecule has 498 valence electrons. The van der Waals surface area contributed by atoms with Gasteiger partial charge >= 0.3 is 0 Å². The number of fused-ring (bicyclic) bond motifs is 3. The third kappa shape index (κ3) is 16.2. The number of nitrogens with zero attached hydrogens (tertiary/aromatic N) is 8. The van der Waals surface area contributed by atoms with Crippen LogP contribution in [0.15, 0.2) is 110 Å². The molecule has 0 unspecified atom stereocenters. The average molecular weight is 1370 g/mol. The highest BCUT2D eigenvalue weighted by atomic mass is 32.1. The molecule has 16 heteroatoms. The van der Waals surface area contributed by atoms with E-state index in [-0.39, 0.29) is 11.8 Å². The lowest BCUT2D eigenvalue weighted by Crippen LogP contribution is -2.30. The second-order valence-electron chi connectivity index (χ2n) is 26.3. The zero-order valence-electron chi connectivity index (χ0n) is 57.1. The monoisotopic (exact) mass is 1370 g/mol. The Morgan fingerprint density at radius 2 is 0.872 bits per heavy atom. The van der Waals surface area contributed by atoms with E-state index in [1.807, 2.05) is 39.4 Å². The van der Waals surface area contributed by atoms with Crippen molar-refractivity contribution in [2.75, 3.05) is 50.1 Å². The molecule has 0 radical (unpaired) electrons. The maximum Gasteiger partial charge on any atom is 0.261 e. The van der Waals surface area contributed by atoms with Crippen LogP contribution in [0, 0.1) is 6.92 Å². The molecule has 10 nitrogen and oxygen atoms in total. The van der Waals surface area contributed by atoms with Crippen LogP contribution >= 0.6 is 57.1 Å². The van der Waals surface area contributed by atoms with E-state index < -0.39 is 0 Å². The summed E-state index contributed by atoms with van der Waals surface area (Å²) in [5, 5.41) is 0. The predicted molar refractivity (Wildman–Crippen MR) is 409 cm³/mol. The molecule has 11 rings (SSSR count). The van der Waals surface area contributed by atoms with E-state index in [9.17, 15) is 0 Å². The lowest BCUT2D eigenvalue weighted by molar-refractivity contribution is -0.124. The Kier molecular flexibility index (Phi) is 25.0. The maximum atomic E-state index is 15.1. The molecule has 3 aliphatic heterocycles. The Morgan fingerprint density at radius 1 is 0.426 bits per heavy atom. The van der Waals surface area contributed by atoms with E-state index in [1.165, 1.54) is 179 Å². The summed E-state index contributed by atoms with van der Waals surface area (Å²) in [7, 11) is 4.43. The number of thiophene rings is 4. The fraction of sp³-hybridized carbons (Fsp3) is 0.487. The van der Waals surface area contributed by atoms with Crippen LogP contribution in [0.2, 0.25) is 0 Å². The first-order chi connectivity index (χ1) is 46.0. The van der Waals surface area contributed by atoms with Crippen LogP contribution in [-0.4, -0.2) is 70.6 Å². The van der Waals surface area contributed by atoms with Gasteiger partial charge in [0.15, 0.2) is 0 Å². The molecule has 0 fully saturated rings. The van der Waals surface area contributed by atoms with Gasteiger partial charge in [-0.1, -0.05) is 155 Å². The summed E-state index contributed by atoms with van der Waals surface area (Å²) in [6.07, 6.45) is 30.6. The molecule has 3 aromatic carbocycles. The summed E-state index contributed by atoms with van der Waals surface area (Å²) in [6.45, 7) is 16.5. The van der Waals surface area contributed by atoms with Gasteiger partial charge in [0.1, 0.15) is 22.4 Å². The predicted octanol–water partition coefficient (Wildman–Crippen LogP) is 23.4. The minimum atomic E-state index is -0.0538. The molecule has 0 spiro atoms. The summed E-state index contributed by atoms with van der Waals surface area (Å²) >= 11 is 9.68. The van der Waals surface area contributed by atoms with Crippen LogP contribution in [0.1, 0.15) is 208 Å². The first-order valence-electron chi connectivity index (χ1n) is 35.5. The van der Waals surface area contributed by atoms with Gasteiger partial charge < -0.3 is 19.6 Å². The van der Waals surface area contributed by atoms with Gasteiger partial charge in [-0.3, -0.25) is 9.59 Å². The SMILES string of the molecule is CCCCCCCCCCN(C)c1ccc(CCCCN2C(=O)C3=C(c4ccc(-c5sc(-c6c7c(c(-c8cc(CCC)c(-c9ccc(C)s9)s8)c8nsnc68)N=S=N7)cc5CCC)s4)N(CCCCc4ccc(N(C)CCCCCCCCCC)cc4)C(=O)C3=C2C)cc1. The van der Waals surface area contributed by atoms with Crippen molar-refractivity contribution in [3.05, 3.63) is 134 Å². The molecular formula is C78H98N8O2S6. The smallest absolute Gasteiger partial charge is 0.261 e. The molecule has 3 aliphatic rings. The highest BCUT2D eigenvalue weighted by Gasteiger charge is 2.47. The Labute approximate surface area is 584 Å².